The lowest BCUT2D eigenvalue weighted by Gasteiger charge is -2.28. The van der Waals surface area contributed by atoms with Gasteiger partial charge in [0.15, 0.2) is 0 Å². The van der Waals surface area contributed by atoms with Gasteiger partial charge in [-0.25, -0.2) is 12.8 Å². The number of halogens is 10. The lowest BCUT2D eigenvalue weighted by molar-refractivity contribution is -0.332. The van der Waals surface area contributed by atoms with E-state index in [9.17, 15) is 43.5 Å². The van der Waals surface area contributed by atoms with E-state index in [0.29, 0.717) is 6.07 Å². The van der Waals surface area contributed by atoms with Crippen LogP contribution in [0.2, 0.25) is 0 Å². The van der Waals surface area contributed by atoms with Gasteiger partial charge in [0.1, 0.15) is 5.82 Å². The topological polar surface area (TPSA) is 34.1 Å². The molecule has 0 bridgehead atoms. The summed E-state index contributed by atoms with van der Waals surface area (Å²) in [6.07, 6.45) is -6.86. The first-order valence-electron chi connectivity index (χ1n) is 6.86. The summed E-state index contributed by atoms with van der Waals surface area (Å²) in [5.74, 6) is -8.02. The molecule has 2 aromatic rings. The molecule has 0 N–H and O–H groups in total. The van der Waals surface area contributed by atoms with Crippen molar-refractivity contribution in [3.8, 4) is 11.1 Å². The van der Waals surface area contributed by atoms with Gasteiger partial charge in [-0.1, -0.05) is 50.1 Å². The van der Waals surface area contributed by atoms with Gasteiger partial charge in [-0.15, -0.1) is 0 Å². The van der Waals surface area contributed by atoms with Gasteiger partial charge >= 0.3 is 17.4 Å². The minimum atomic E-state index is -6.90. The van der Waals surface area contributed by atoms with Crippen molar-refractivity contribution in [1.29, 1.82) is 0 Å². The van der Waals surface area contributed by atoms with Crippen molar-refractivity contribution in [3.05, 3.63) is 51.2 Å². The third kappa shape index (κ3) is 3.56. The van der Waals surface area contributed by atoms with Crippen LogP contribution >= 0.6 is 31.9 Å². The molecule has 0 saturated heterocycles. The lowest BCUT2D eigenvalue weighted by Crippen LogP contribution is -2.56. The van der Waals surface area contributed by atoms with Crippen molar-refractivity contribution < 1.29 is 43.5 Å². The van der Waals surface area contributed by atoms with Gasteiger partial charge in [-0.05, 0) is 18.2 Å². The Bertz CT molecular complexity index is 1020. The molecule has 0 aliphatic heterocycles. The predicted molar refractivity (Wildman–Crippen MR) is 90.4 cm³/mol. The summed E-state index contributed by atoms with van der Waals surface area (Å²) in [6.45, 7) is 0. The lowest BCUT2D eigenvalue weighted by atomic mass is 10.1. The fourth-order valence-electron chi connectivity index (χ4n) is 2.16. The van der Waals surface area contributed by atoms with E-state index in [0.717, 1.165) is 18.2 Å². The molecule has 13 heteroatoms. The Hall–Kier alpha value is -1.21. The number of hydrogen-bond donors (Lipinski definition) is 0. The van der Waals surface area contributed by atoms with E-state index in [1.165, 1.54) is 12.1 Å². The highest BCUT2D eigenvalue weighted by Gasteiger charge is 2.78. The van der Waals surface area contributed by atoms with Gasteiger partial charge in [0.2, 0.25) is 0 Å². The van der Waals surface area contributed by atoms with Crippen LogP contribution in [0.5, 0.6) is 0 Å². The summed E-state index contributed by atoms with van der Waals surface area (Å²) in [5, 5.41) is -6.57. The van der Waals surface area contributed by atoms with E-state index >= 15 is 0 Å². The standard InChI is InChI=1S/C15H6Br2F8O2S/c16-7-5-9(17)12(8-3-1-2-4-10(8)18)11(6-7)28(26,27)15(24,25)13(19,20)14(21,22)23/h1-6H. The molecule has 0 heterocycles. The van der Waals surface area contributed by atoms with Crippen molar-refractivity contribution in [3.63, 3.8) is 0 Å². The van der Waals surface area contributed by atoms with Crippen molar-refractivity contribution in [2.75, 3.05) is 0 Å². The molecule has 0 aliphatic carbocycles. The molecule has 0 spiro atoms. The number of alkyl halides is 7. The fourth-order valence-corrected chi connectivity index (χ4v) is 5.38. The minimum Gasteiger partial charge on any atom is -0.217 e. The zero-order valence-electron chi connectivity index (χ0n) is 13.0. The Labute approximate surface area is 169 Å². The Morgan fingerprint density at radius 1 is 0.857 bits per heavy atom. The van der Waals surface area contributed by atoms with Crippen LogP contribution in [0.1, 0.15) is 0 Å². The molecule has 28 heavy (non-hydrogen) atoms. The number of benzene rings is 2. The van der Waals surface area contributed by atoms with Gasteiger partial charge in [-0.2, -0.15) is 30.7 Å². The largest absolute Gasteiger partial charge is 0.461 e. The molecule has 154 valence electrons. The third-order valence-electron chi connectivity index (χ3n) is 3.51. The Morgan fingerprint density at radius 2 is 1.39 bits per heavy atom. The van der Waals surface area contributed by atoms with Gasteiger partial charge in [0.25, 0.3) is 9.84 Å². The number of sulfone groups is 1. The predicted octanol–water partition coefficient (Wildman–Crippen LogP) is 6.58. The van der Waals surface area contributed by atoms with Crippen LogP contribution in [0.25, 0.3) is 11.1 Å². The third-order valence-corrected chi connectivity index (χ3v) is 6.43. The minimum absolute atomic E-state index is 0.246. The molecule has 2 rings (SSSR count). The molecule has 0 amide bonds. The summed E-state index contributed by atoms with van der Waals surface area (Å²) in [6, 6.07) is 5.60. The highest BCUT2D eigenvalue weighted by Crippen LogP contribution is 2.52. The molecule has 0 aromatic heterocycles. The summed E-state index contributed by atoms with van der Waals surface area (Å²) in [5.41, 5.74) is -1.44. The van der Waals surface area contributed by atoms with Crippen molar-refractivity contribution in [2.45, 2.75) is 22.2 Å². The first kappa shape index (κ1) is 23.1. The highest BCUT2D eigenvalue weighted by atomic mass is 79.9. The molecule has 0 atom stereocenters. The second kappa shape index (κ2) is 7.24. The summed E-state index contributed by atoms with van der Waals surface area (Å²) in [4.78, 5) is -1.62. The molecule has 2 aromatic carbocycles. The van der Waals surface area contributed by atoms with Crippen LogP contribution in [0.3, 0.4) is 0 Å². The summed E-state index contributed by atoms with van der Waals surface area (Å²) in [7, 11) is -6.65. The Kier molecular flexibility index (Phi) is 5.97. The van der Waals surface area contributed by atoms with Crippen LogP contribution in [0, 0.1) is 5.82 Å². The zero-order valence-corrected chi connectivity index (χ0v) is 17.0. The first-order chi connectivity index (χ1) is 12.6. The molecular formula is C15H6Br2F8O2S. The SMILES string of the molecule is O=S(=O)(c1cc(Br)cc(Br)c1-c1ccccc1F)C(F)(F)C(F)(F)C(F)(F)F. The van der Waals surface area contributed by atoms with Crippen LogP contribution in [0.15, 0.2) is 50.2 Å². The van der Waals surface area contributed by atoms with Crippen molar-refractivity contribution in [2.24, 2.45) is 0 Å². The van der Waals surface area contributed by atoms with Gasteiger partial charge in [-0.3, -0.25) is 0 Å². The maximum absolute atomic E-state index is 14.1. The highest BCUT2D eigenvalue weighted by molar-refractivity contribution is 9.11. The number of hydrogen-bond acceptors (Lipinski definition) is 2. The van der Waals surface area contributed by atoms with Crippen LogP contribution in [-0.4, -0.2) is 25.8 Å². The van der Waals surface area contributed by atoms with Crippen LogP contribution < -0.4 is 0 Å². The molecular weight excluding hydrogens is 556 g/mol. The van der Waals surface area contributed by atoms with Gasteiger partial charge in [0.05, 0.1) is 4.90 Å². The maximum atomic E-state index is 14.1. The van der Waals surface area contributed by atoms with E-state index in [4.69, 9.17) is 0 Å². The molecule has 0 aliphatic rings. The fraction of sp³-hybridized carbons (Fsp3) is 0.200. The second-order valence-corrected chi connectivity index (χ2v) is 9.06. The number of rotatable bonds is 4. The Morgan fingerprint density at radius 3 is 1.89 bits per heavy atom. The maximum Gasteiger partial charge on any atom is 0.461 e. The smallest absolute Gasteiger partial charge is 0.217 e. The van der Waals surface area contributed by atoms with E-state index in [1.54, 1.807) is 0 Å². The second-order valence-electron chi connectivity index (χ2n) is 5.33. The molecule has 0 fully saturated rings. The summed E-state index contributed by atoms with van der Waals surface area (Å²) < 4.78 is 130. The van der Waals surface area contributed by atoms with Crippen molar-refractivity contribution >= 4 is 41.7 Å². The quantitative estimate of drug-likeness (QED) is 0.395. The molecule has 2 nitrogen and oxygen atoms in total. The molecule has 0 unspecified atom stereocenters. The van der Waals surface area contributed by atoms with Gasteiger partial charge in [0, 0.05) is 20.1 Å². The normalized spacial score (nSPS) is 13.6. The van der Waals surface area contributed by atoms with Crippen LogP contribution in [0.4, 0.5) is 35.1 Å². The average Bonchev–Trinajstić information content (AvgIpc) is 2.53. The average molecular weight is 562 g/mol. The van der Waals surface area contributed by atoms with E-state index in [1.807, 2.05) is 0 Å². The summed E-state index contributed by atoms with van der Waals surface area (Å²) >= 11 is 5.55. The van der Waals surface area contributed by atoms with Gasteiger partial charge < -0.3 is 0 Å². The monoisotopic (exact) mass is 560 g/mol. The molecule has 0 radical (unpaired) electrons. The van der Waals surface area contributed by atoms with Crippen LogP contribution in [-0.2, 0) is 9.84 Å². The van der Waals surface area contributed by atoms with Crippen molar-refractivity contribution in [1.82, 2.24) is 0 Å². The zero-order chi connectivity index (χ0) is 21.7. The van der Waals surface area contributed by atoms with E-state index in [2.05, 4.69) is 31.9 Å². The van der Waals surface area contributed by atoms with E-state index < -0.39 is 49.0 Å². The molecule has 0 saturated carbocycles. The van der Waals surface area contributed by atoms with E-state index in [-0.39, 0.29) is 8.95 Å². The first-order valence-corrected chi connectivity index (χ1v) is 9.93. The Balaban J connectivity index is 2.90.